The number of halogens is 1. The van der Waals surface area contributed by atoms with Gasteiger partial charge in [0, 0.05) is 24.6 Å². The molecule has 0 radical (unpaired) electrons. The Balaban J connectivity index is 1.48. The monoisotopic (exact) mass is 335 g/mol. The predicted octanol–water partition coefficient (Wildman–Crippen LogP) is 4.25. The fourth-order valence-electron chi connectivity index (χ4n) is 2.44. The molecule has 0 saturated carbocycles. The van der Waals surface area contributed by atoms with E-state index < -0.39 is 0 Å². The molecular weight excluding hydrogens is 317 g/mol. The van der Waals surface area contributed by atoms with Crippen molar-refractivity contribution in [1.82, 2.24) is 10.3 Å². The average molecular weight is 335 g/mol. The lowest BCUT2D eigenvalue weighted by atomic mass is 10.1. The summed E-state index contributed by atoms with van der Waals surface area (Å²) in [5, 5.41) is 5.58. The molecule has 0 spiro atoms. The van der Waals surface area contributed by atoms with Crippen molar-refractivity contribution >= 4 is 11.7 Å². The number of hydrogen-bond donors (Lipinski definition) is 2. The summed E-state index contributed by atoms with van der Waals surface area (Å²) in [6, 6.07) is 17.5. The van der Waals surface area contributed by atoms with Gasteiger partial charge >= 0.3 is 6.03 Å². The van der Waals surface area contributed by atoms with Crippen LogP contribution < -0.4 is 10.6 Å². The average Bonchev–Trinajstić information content (AvgIpc) is 2.65. The zero-order valence-corrected chi connectivity index (χ0v) is 13.6. The summed E-state index contributed by atoms with van der Waals surface area (Å²) in [6.07, 6.45) is 4.14. The minimum atomic E-state index is -0.265. The Morgan fingerprint density at radius 3 is 2.20 bits per heavy atom. The van der Waals surface area contributed by atoms with Gasteiger partial charge in [0.05, 0.1) is 0 Å². The van der Waals surface area contributed by atoms with E-state index in [1.807, 2.05) is 36.4 Å². The molecule has 2 amide bonds. The largest absolute Gasteiger partial charge is 0.338 e. The van der Waals surface area contributed by atoms with Crippen LogP contribution in [0, 0.1) is 5.82 Å². The number of carbonyl (C=O) groups excluding carboxylic acids is 1. The smallest absolute Gasteiger partial charge is 0.319 e. The molecule has 0 fully saturated rings. The number of rotatable bonds is 5. The highest BCUT2D eigenvalue weighted by molar-refractivity contribution is 5.89. The zero-order valence-electron chi connectivity index (χ0n) is 13.6. The lowest BCUT2D eigenvalue weighted by Crippen LogP contribution is -2.30. The van der Waals surface area contributed by atoms with Gasteiger partial charge < -0.3 is 10.6 Å². The molecule has 0 saturated heterocycles. The summed E-state index contributed by atoms with van der Waals surface area (Å²) >= 11 is 0. The summed E-state index contributed by atoms with van der Waals surface area (Å²) in [4.78, 5) is 15.9. The minimum absolute atomic E-state index is 0.260. The summed E-state index contributed by atoms with van der Waals surface area (Å²) in [6.45, 7) is 0.479. The first-order valence-electron chi connectivity index (χ1n) is 8.00. The van der Waals surface area contributed by atoms with Gasteiger partial charge in [-0.1, -0.05) is 24.3 Å². The van der Waals surface area contributed by atoms with Crippen LogP contribution in [0.3, 0.4) is 0 Å². The van der Waals surface area contributed by atoms with Crippen LogP contribution in [0.1, 0.15) is 5.56 Å². The number of benzene rings is 2. The molecule has 0 unspecified atom stereocenters. The first-order chi connectivity index (χ1) is 12.2. The van der Waals surface area contributed by atoms with Crippen LogP contribution in [0.15, 0.2) is 73.1 Å². The predicted molar refractivity (Wildman–Crippen MR) is 96.8 cm³/mol. The van der Waals surface area contributed by atoms with Crippen LogP contribution in [0.2, 0.25) is 0 Å². The van der Waals surface area contributed by atoms with E-state index >= 15 is 0 Å². The molecule has 0 bridgehead atoms. The molecular formula is C20H18FN3O. The van der Waals surface area contributed by atoms with Crippen molar-refractivity contribution in [3.8, 4) is 11.1 Å². The van der Waals surface area contributed by atoms with Crippen molar-refractivity contribution in [2.75, 3.05) is 11.9 Å². The van der Waals surface area contributed by atoms with Crippen LogP contribution in [0.5, 0.6) is 0 Å². The lowest BCUT2D eigenvalue weighted by Gasteiger charge is -2.09. The molecule has 1 aromatic heterocycles. The number of pyridine rings is 1. The van der Waals surface area contributed by atoms with E-state index in [1.54, 1.807) is 24.5 Å². The minimum Gasteiger partial charge on any atom is -0.338 e. The molecule has 1 heterocycles. The molecule has 25 heavy (non-hydrogen) atoms. The molecule has 0 aliphatic heterocycles. The van der Waals surface area contributed by atoms with E-state index in [2.05, 4.69) is 15.6 Å². The maximum Gasteiger partial charge on any atom is 0.319 e. The molecule has 4 nitrogen and oxygen atoms in total. The van der Waals surface area contributed by atoms with Crippen molar-refractivity contribution in [3.05, 3.63) is 84.4 Å². The van der Waals surface area contributed by atoms with E-state index in [0.29, 0.717) is 13.0 Å². The highest BCUT2D eigenvalue weighted by atomic mass is 19.1. The van der Waals surface area contributed by atoms with Crippen LogP contribution in [-0.2, 0) is 6.42 Å². The van der Waals surface area contributed by atoms with Crippen LogP contribution in [0.4, 0.5) is 14.9 Å². The number of amides is 2. The van der Waals surface area contributed by atoms with Gasteiger partial charge in [-0.25, -0.2) is 9.18 Å². The number of carbonyl (C=O) groups is 1. The number of anilines is 1. The van der Waals surface area contributed by atoms with Gasteiger partial charge in [0.15, 0.2) is 0 Å². The Kier molecular flexibility index (Phi) is 5.36. The van der Waals surface area contributed by atoms with Crippen molar-refractivity contribution in [2.45, 2.75) is 6.42 Å². The molecule has 0 aliphatic rings. The van der Waals surface area contributed by atoms with E-state index in [1.165, 1.54) is 12.1 Å². The van der Waals surface area contributed by atoms with Crippen molar-refractivity contribution < 1.29 is 9.18 Å². The normalized spacial score (nSPS) is 10.3. The number of urea groups is 1. The maximum atomic E-state index is 12.8. The Bertz CT molecular complexity index is 818. The fraction of sp³-hybridized carbons (Fsp3) is 0.100. The quantitative estimate of drug-likeness (QED) is 0.732. The molecule has 0 aliphatic carbocycles. The number of hydrogen-bond acceptors (Lipinski definition) is 2. The first-order valence-corrected chi connectivity index (χ1v) is 8.00. The second-order valence-electron chi connectivity index (χ2n) is 5.57. The molecule has 3 rings (SSSR count). The van der Waals surface area contributed by atoms with Gasteiger partial charge in [0.1, 0.15) is 5.82 Å². The van der Waals surface area contributed by atoms with E-state index in [-0.39, 0.29) is 11.8 Å². The van der Waals surface area contributed by atoms with Gasteiger partial charge in [-0.3, -0.25) is 4.98 Å². The summed E-state index contributed by atoms with van der Waals surface area (Å²) < 4.78 is 12.8. The van der Waals surface area contributed by atoms with E-state index in [4.69, 9.17) is 0 Å². The second-order valence-corrected chi connectivity index (χ2v) is 5.57. The third kappa shape index (κ3) is 4.88. The molecule has 5 heteroatoms. The van der Waals surface area contributed by atoms with Gasteiger partial charge in [0.25, 0.3) is 0 Å². The van der Waals surface area contributed by atoms with Crippen molar-refractivity contribution in [3.63, 3.8) is 0 Å². The summed E-state index contributed by atoms with van der Waals surface area (Å²) in [7, 11) is 0. The SMILES string of the molecule is O=C(NCCc1ccc(F)cc1)Nc1ccc(-c2ccncc2)cc1. The fourth-order valence-corrected chi connectivity index (χ4v) is 2.44. The van der Waals surface area contributed by atoms with Crippen LogP contribution in [-0.4, -0.2) is 17.6 Å². The standard InChI is InChI=1S/C20H18FN3O/c21-18-5-1-15(2-6-18)9-14-23-20(25)24-19-7-3-16(4-8-19)17-10-12-22-13-11-17/h1-8,10-13H,9,14H2,(H2,23,24,25). The van der Waals surface area contributed by atoms with E-state index in [9.17, 15) is 9.18 Å². The highest BCUT2D eigenvalue weighted by Crippen LogP contribution is 2.20. The molecule has 0 atom stereocenters. The summed E-state index contributed by atoms with van der Waals surface area (Å²) in [5.41, 5.74) is 3.83. The van der Waals surface area contributed by atoms with E-state index in [0.717, 1.165) is 22.4 Å². The molecule has 2 N–H and O–H groups in total. The van der Waals surface area contributed by atoms with Crippen LogP contribution >= 0.6 is 0 Å². The Labute approximate surface area is 145 Å². The Morgan fingerprint density at radius 2 is 1.52 bits per heavy atom. The van der Waals surface area contributed by atoms with Crippen LogP contribution in [0.25, 0.3) is 11.1 Å². The number of nitrogens with zero attached hydrogens (tertiary/aromatic N) is 1. The topological polar surface area (TPSA) is 54.0 Å². The van der Waals surface area contributed by atoms with Gasteiger partial charge in [0.2, 0.25) is 0 Å². The maximum absolute atomic E-state index is 12.8. The van der Waals surface area contributed by atoms with Gasteiger partial charge in [-0.15, -0.1) is 0 Å². The lowest BCUT2D eigenvalue weighted by molar-refractivity contribution is 0.252. The number of nitrogens with one attached hydrogen (secondary N) is 2. The Morgan fingerprint density at radius 1 is 0.880 bits per heavy atom. The van der Waals surface area contributed by atoms with Crippen molar-refractivity contribution in [2.24, 2.45) is 0 Å². The van der Waals surface area contributed by atoms with Gasteiger partial charge in [-0.05, 0) is 59.5 Å². The Hall–Kier alpha value is -3.21. The second kappa shape index (κ2) is 8.06. The summed E-state index contributed by atoms with van der Waals surface area (Å²) in [5.74, 6) is -0.260. The highest BCUT2D eigenvalue weighted by Gasteiger charge is 2.03. The third-order valence-electron chi connectivity index (χ3n) is 3.77. The molecule has 126 valence electrons. The zero-order chi connectivity index (χ0) is 17.5. The number of aromatic nitrogens is 1. The first kappa shape index (κ1) is 16.6. The van der Waals surface area contributed by atoms with Crippen molar-refractivity contribution in [1.29, 1.82) is 0 Å². The third-order valence-corrected chi connectivity index (χ3v) is 3.77. The van der Waals surface area contributed by atoms with Gasteiger partial charge in [-0.2, -0.15) is 0 Å². The molecule has 3 aromatic rings. The molecule has 2 aromatic carbocycles.